The lowest BCUT2D eigenvalue weighted by Gasteiger charge is -2.31. The maximum atomic E-state index is 12.2. The van der Waals surface area contributed by atoms with Gasteiger partial charge in [-0.05, 0) is 64.3 Å². The van der Waals surface area contributed by atoms with E-state index in [0.29, 0.717) is 12.1 Å². The Morgan fingerprint density at radius 2 is 2.04 bits per heavy atom. The minimum Gasteiger partial charge on any atom is -0.326 e. The van der Waals surface area contributed by atoms with Gasteiger partial charge in [0.25, 0.3) is 5.69 Å². The number of hydrogen-bond donors (Lipinski definition) is 2. The lowest BCUT2D eigenvalue weighted by molar-refractivity contribution is -0.384. The normalized spacial score (nSPS) is 15.3. The van der Waals surface area contributed by atoms with E-state index in [1.165, 1.54) is 31.4 Å². The second-order valence-corrected chi connectivity index (χ2v) is 6.73. The number of anilines is 1. The molecule has 8 heteroatoms. The van der Waals surface area contributed by atoms with Gasteiger partial charge >= 0.3 is 0 Å². The Morgan fingerprint density at radius 1 is 1.35 bits per heavy atom. The molecule has 1 aliphatic heterocycles. The van der Waals surface area contributed by atoms with Gasteiger partial charge in [0.1, 0.15) is 0 Å². The summed E-state index contributed by atoms with van der Waals surface area (Å²) in [5, 5.41) is 16.9. The first kappa shape index (κ1) is 22.3. The Hall–Kier alpha value is -1.70. The molecule has 0 aliphatic carbocycles. The molecule has 1 heterocycles. The summed E-state index contributed by atoms with van der Waals surface area (Å²) in [6.45, 7) is 5.71. The molecule has 1 aliphatic rings. The van der Waals surface area contributed by atoms with Crippen LogP contribution in [-0.4, -0.2) is 49.0 Å². The summed E-state index contributed by atoms with van der Waals surface area (Å²) in [5.41, 5.74) is 1.33. The topological polar surface area (TPSA) is 87.5 Å². The molecule has 0 radical (unpaired) electrons. The van der Waals surface area contributed by atoms with Crippen LogP contribution in [0, 0.1) is 23.0 Å². The predicted molar refractivity (Wildman–Crippen MR) is 106 cm³/mol. The highest BCUT2D eigenvalue weighted by Crippen LogP contribution is 2.22. The number of nitrogens with one attached hydrogen (secondary N) is 2. The van der Waals surface area contributed by atoms with Crippen LogP contribution in [0.1, 0.15) is 31.2 Å². The highest BCUT2D eigenvalue weighted by atomic mass is 35.5. The van der Waals surface area contributed by atoms with Crippen LogP contribution in [0.25, 0.3) is 0 Å². The molecule has 0 saturated carbocycles. The van der Waals surface area contributed by atoms with Gasteiger partial charge in [-0.15, -0.1) is 12.4 Å². The zero-order valence-electron chi connectivity index (χ0n) is 15.5. The molecule has 1 fully saturated rings. The van der Waals surface area contributed by atoms with Gasteiger partial charge in [-0.25, -0.2) is 0 Å². The van der Waals surface area contributed by atoms with Gasteiger partial charge < -0.3 is 15.5 Å². The molecule has 0 unspecified atom stereocenters. The summed E-state index contributed by atoms with van der Waals surface area (Å²) in [4.78, 5) is 24.9. The monoisotopic (exact) mass is 384 g/mol. The fraction of sp³-hybridized carbons (Fsp3) is 0.611. The highest BCUT2D eigenvalue weighted by Gasteiger charge is 2.19. The number of amides is 1. The minimum atomic E-state index is -0.451. The van der Waals surface area contributed by atoms with E-state index in [1.807, 2.05) is 14.0 Å². The number of carbonyl (C=O) groups is 1. The summed E-state index contributed by atoms with van der Waals surface area (Å²) in [6.07, 6.45) is 4.00. The summed E-state index contributed by atoms with van der Waals surface area (Å²) in [7, 11) is 1.98. The average Bonchev–Trinajstić information content (AvgIpc) is 2.60. The van der Waals surface area contributed by atoms with Gasteiger partial charge in [-0.2, -0.15) is 0 Å². The molecule has 1 aromatic carbocycles. The van der Waals surface area contributed by atoms with E-state index in [2.05, 4.69) is 15.5 Å². The predicted octanol–water partition coefficient (Wildman–Crippen LogP) is 2.98. The first-order chi connectivity index (χ1) is 12.0. The number of non-ortho nitro benzene ring substituents is 1. The number of hydrogen-bond acceptors (Lipinski definition) is 5. The second kappa shape index (κ2) is 11.1. The van der Waals surface area contributed by atoms with Crippen molar-refractivity contribution in [3.05, 3.63) is 33.9 Å². The first-order valence-corrected chi connectivity index (χ1v) is 8.91. The minimum absolute atomic E-state index is 0. The molecule has 0 aromatic heterocycles. The average molecular weight is 385 g/mol. The number of nitrogens with zero attached hydrogens (tertiary/aromatic N) is 2. The molecule has 1 amide bonds. The highest BCUT2D eigenvalue weighted by molar-refractivity contribution is 5.92. The number of nitro groups is 1. The van der Waals surface area contributed by atoms with Gasteiger partial charge in [0.15, 0.2) is 0 Å². The van der Waals surface area contributed by atoms with Crippen molar-refractivity contribution >= 4 is 29.7 Å². The second-order valence-electron chi connectivity index (χ2n) is 6.73. The molecule has 7 nitrogen and oxygen atoms in total. The molecular weight excluding hydrogens is 356 g/mol. The van der Waals surface area contributed by atoms with Crippen LogP contribution in [0.3, 0.4) is 0 Å². The van der Waals surface area contributed by atoms with Gasteiger partial charge in [-0.3, -0.25) is 14.9 Å². The van der Waals surface area contributed by atoms with E-state index >= 15 is 0 Å². The quantitative estimate of drug-likeness (QED) is 0.531. The molecule has 1 aromatic rings. The molecule has 2 rings (SSSR count). The lowest BCUT2D eigenvalue weighted by Crippen LogP contribution is -2.36. The van der Waals surface area contributed by atoms with E-state index in [-0.39, 0.29) is 24.0 Å². The Balaban J connectivity index is 0.00000338. The van der Waals surface area contributed by atoms with E-state index in [4.69, 9.17) is 0 Å². The number of piperidine rings is 1. The standard InChI is InChI=1S/C18H28N4O3.ClH/c1-14-3-4-16(22(24)25)13-17(14)20-18(23)8-12-21-10-6-15(7-11-21)5-9-19-2;/h3-4,13,15,19H,5-12H2,1-2H3,(H,20,23);1H. The first-order valence-electron chi connectivity index (χ1n) is 8.91. The molecular formula is C18H29ClN4O3. The molecule has 26 heavy (non-hydrogen) atoms. The van der Waals surface area contributed by atoms with Crippen LogP contribution in [-0.2, 0) is 4.79 Å². The van der Waals surface area contributed by atoms with Crippen molar-refractivity contribution < 1.29 is 9.72 Å². The molecule has 0 bridgehead atoms. The number of nitro benzene ring substituents is 1. The van der Waals surface area contributed by atoms with Gasteiger partial charge in [0.05, 0.1) is 10.6 Å². The van der Waals surface area contributed by atoms with Crippen molar-refractivity contribution in [3.8, 4) is 0 Å². The molecule has 2 N–H and O–H groups in total. The fourth-order valence-electron chi connectivity index (χ4n) is 3.18. The summed E-state index contributed by atoms with van der Waals surface area (Å²) < 4.78 is 0. The third-order valence-corrected chi connectivity index (χ3v) is 4.87. The molecule has 146 valence electrons. The van der Waals surface area contributed by atoms with Crippen LogP contribution >= 0.6 is 12.4 Å². The van der Waals surface area contributed by atoms with Gasteiger partial charge in [-0.1, -0.05) is 6.07 Å². The number of rotatable bonds is 8. The third kappa shape index (κ3) is 6.90. The Bertz CT molecular complexity index is 604. The Labute approximate surface area is 161 Å². The van der Waals surface area contributed by atoms with Crippen molar-refractivity contribution in [1.29, 1.82) is 0 Å². The van der Waals surface area contributed by atoms with E-state index in [9.17, 15) is 14.9 Å². The Kier molecular flexibility index (Phi) is 9.54. The molecule has 1 saturated heterocycles. The van der Waals surface area contributed by atoms with Crippen LogP contribution in [0.15, 0.2) is 18.2 Å². The number of benzene rings is 1. The lowest BCUT2D eigenvalue weighted by atomic mass is 9.93. The Morgan fingerprint density at radius 3 is 2.65 bits per heavy atom. The number of likely N-dealkylation sites (tertiary alicyclic amines) is 1. The number of halogens is 1. The maximum Gasteiger partial charge on any atom is 0.271 e. The zero-order chi connectivity index (χ0) is 18.2. The maximum absolute atomic E-state index is 12.2. The van der Waals surface area contributed by atoms with E-state index in [1.54, 1.807) is 6.07 Å². The summed E-state index contributed by atoms with van der Waals surface area (Å²) in [6, 6.07) is 4.52. The zero-order valence-corrected chi connectivity index (χ0v) is 16.3. The van der Waals surface area contributed by atoms with Crippen LogP contribution < -0.4 is 10.6 Å². The fourth-order valence-corrected chi connectivity index (χ4v) is 3.18. The number of aryl methyl sites for hydroxylation is 1. The van der Waals surface area contributed by atoms with E-state index < -0.39 is 4.92 Å². The van der Waals surface area contributed by atoms with Crippen molar-refractivity contribution in [2.75, 3.05) is 38.5 Å². The SMILES string of the molecule is CNCCC1CCN(CCC(=O)Nc2cc([N+](=O)[O-])ccc2C)CC1.Cl. The molecule has 0 atom stereocenters. The largest absolute Gasteiger partial charge is 0.326 e. The van der Waals surface area contributed by atoms with Crippen molar-refractivity contribution in [1.82, 2.24) is 10.2 Å². The van der Waals surface area contributed by atoms with Gasteiger partial charge in [0.2, 0.25) is 5.91 Å². The third-order valence-electron chi connectivity index (χ3n) is 4.87. The van der Waals surface area contributed by atoms with Crippen molar-refractivity contribution in [2.24, 2.45) is 5.92 Å². The van der Waals surface area contributed by atoms with E-state index in [0.717, 1.165) is 37.7 Å². The van der Waals surface area contributed by atoms with Crippen molar-refractivity contribution in [3.63, 3.8) is 0 Å². The van der Waals surface area contributed by atoms with Crippen molar-refractivity contribution in [2.45, 2.75) is 32.6 Å². The van der Waals surface area contributed by atoms with Crippen LogP contribution in [0.2, 0.25) is 0 Å². The van der Waals surface area contributed by atoms with Crippen LogP contribution in [0.4, 0.5) is 11.4 Å². The summed E-state index contributed by atoms with van der Waals surface area (Å²) >= 11 is 0. The smallest absolute Gasteiger partial charge is 0.271 e. The number of carbonyl (C=O) groups excluding carboxylic acids is 1. The summed E-state index contributed by atoms with van der Waals surface area (Å²) in [5.74, 6) is 0.686. The molecule has 0 spiro atoms. The van der Waals surface area contributed by atoms with Crippen LogP contribution in [0.5, 0.6) is 0 Å². The van der Waals surface area contributed by atoms with Gasteiger partial charge in [0, 0.05) is 25.1 Å².